The minimum absolute atomic E-state index is 0.00150. The van der Waals surface area contributed by atoms with Crippen molar-refractivity contribution in [1.82, 2.24) is 10.6 Å². The van der Waals surface area contributed by atoms with E-state index in [-0.39, 0.29) is 23.7 Å². The maximum atomic E-state index is 12.4. The highest BCUT2D eigenvalue weighted by Gasteiger charge is 2.29. The normalized spacial score (nSPS) is 13.5. The highest BCUT2D eigenvalue weighted by molar-refractivity contribution is 5.81. The predicted octanol–water partition coefficient (Wildman–Crippen LogP) is 2.85. The van der Waals surface area contributed by atoms with Crippen LogP contribution in [-0.4, -0.2) is 24.9 Å². The highest BCUT2D eigenvalue weighted by Crippen LogP contribution is 2.29. The molecule has 2 aromatic carbocycles. The van der Waals surface area contributed by atoms with Crippen LogP contribution in [0.3, 0.4) is 0 Å². The summed E-state index contributed by atoms with van der Waals surface area (Å²) in [7, 11) is 0. The van der Waals surface area contributed by atoms with Gasteiger partial charge in [0.1, 0.15) is 0 Å². The lowest BCUT2D eigenvalue weighted by Gasteiger charge is -2.18. The van der Waals surface area contributed by atoms with Crippen LogP contribution in [0.4, 0.5) is 0 Å². The van der Waals surface area contributed by atoms with Crippen LogP contribution >= 0.6 is 0 Å². The Labute approximate surface area is 148 Å². The summed E-state index contributed by atoms with van der Waals surface area (Å²) in [6.07, 6.45) is 2.38. The summed E-state index contributed by atoms with van der Waals surface area (Å²) in [5.74, 6) is 0.346. The van der Waals surface area contributed by atoms with Crippen LogP contribution in [0.1, 0.15) is 36.3 Å². The van der Waals surface area contributed by atoms with Gasteiger partial charge in [-0.25, -0.2) is 0 Å². The van der Waals surface area contributed by atoms with E-state index in [1.165, 1.54) is 0 Å². The van der Waals surface area contributed by atoms with Gasteiger partial charge in [-0.05, 0) is 24.0 Å². The first-order valence-electron chi connectivity index (χ1n) is 8.88. The van der Waals surface area contributed by atoms with Gasteiger partial charge in [-0.2, -0.15) is 0 Å². The molecule has 4 heteroatoms. The zero-order valence-electron chi connectivity index (χ0n) is 14.3. The fraction of sp³-hybridized carbons (Fsp3) is 0.333. The van der Waals surface area contributed by atoms with Crippen LogP contribution in [0.15, 0.2) is 60.7 Å². The second kappa shape index (κ2) is 8.47. The predicted molar refractivity (Wildman–Crippen MR) is 98.1 cm³/mol. The van der Waals surface area contributed by atoms with Crippen molar-refractivity contribution in [2.45, 2.75) is 25.2 Å². The minimum Gasteiger partial charge on any atom is -0.354 e. The van der Waals surface area contributed by atoms with E-state index in [2.05, 4.69) is 34.9 Å². The molecular weight excluding hydrogens is 312 g/mol. The molecule has 0 radical (unpaired) electrons. The van der Waals surface area contributed by atoms with Gasteiger partial charge in [0, 0.05) is 31.3 Å². The third-order valence-corrected chi connectivity index (χ3v) is 4.49. The standard InChI is InChI=1S/C21H24N2O2/c24-20(22-13-14-23-21(25)18-11-12-18)15-19(16-7-3-1-4-8-16)17-9-5-2-6-10-17/h1-10,18-19H,11-15H2,(H,22,24)(H,23,25). The molecule has 0 spiro atoms. The van der Waals surface area contributed by atoms with Gasteiger partial charge in [0.15, 0.2) is 0 Å². The van der Waals surface area contributed by atoms with Crippen LogP contribution in [-0.2, 0) is 9.59 Å². The van der Waals surface area contributed by atoms with E-state index < -0.39 is 0 Å². The molecule has 2 amide bonds. The van der Waals surface area contributed by atoms with E-state index in [0.717, 1.165) is 24.0 Å². The van der Waals surface area contributed by atoms with Crippen molar-refractivity contribution in [1.29, 1.82) is 0 Å². The first-order valence-corrected chi connectivity index (χ1v) is 8.88. The quantitative estimate of drug-likeness (QED) is 0.728. The van der Waals surface area contributed by atoms with Gasteiger partial charge in [0.05, 0.1) is 0 Å². The van der Waals surface area contributed by atoms with Gasteiger partial charge in [0.25, 0.3) is 0 Å². The summed E-state index contributed by atoms with van der Waals surface area (Å²) in [6.45, 7) is 0.954. The topological polar surface area (TPSA) is 58.2 Å². The molecule has 2 N–H and O–H groups in total. The summed E-state index contributed by atoms with van der Waals surface area (Å²) in [4.78, 5) is 23.9. The zero-order chi connectivity index (χ0) is 17.5. The molecule has 25 heavy (non-hydrogen) atoms. The molecule has 1 fully saturated rings. The molecule has 4 nitrogen and oxygen atoms in total. The number of hydrogen-bond donors (Lipinski definition) is 2. The minimum atomic E-state index is -0.00150. The lowest BCUT2D eigenvalue weighted by Crippen LogP contribution is -2.35. The molecule has 0 atom stereocenters. The number of nitrogens with one attached hydrogen (secondary N) is 2. The summed E-state index contributed by atoms with van der Waals surface area (Å²) >= 11 is 0. The second-order valence-corrected chi connectivity index (χ2v) is 6.49. The van der Waals surface area contributed by atoms with Crippen LogP contribution in [0.2, 0.25) is 0 Å². The first kappa shape index (κ1) is 17.2. The Kier molecular flexibility index (Phi) is 5.83. The summed E-state index contributed by atoms with van der Waals surface area (Å²) < 4.78 is 0. The van der Waals surface area contributed by atoms with E-state index in [4.69, 9.17) is 0 Å². The summed E-state index contributed by atoms with van der Waals surface area (Å²) in [5.41, 5.74) is 2.26. The molecule has 0 aliphatic heterocycles. The number of hydrogen-bond acceptors (Lipinski definition) is 2. The van der Waals surface area contributed by atoms with Crippen molar-refractivity contribution >= 4 is 11.8 Å². The Hall–Kier alpha value is -2.62. The third-order valence-electron chi connectivity index (χ3n) is 4.49. The molecule has 0 aromatic heterocycles. The van der Waals surface area contributed by atoms with Gasteiger partial charge >= 0.3 is 0 Å². The zero-order valence-corrected chi connectivity index (χ0v) is 14.3. The molecule has 0 saturated heterocycles. The summed E-state index contributed by atoms with van der Waals surface area (Å²) in [6, 6.07) is 20.2. The lowest BCUT2D eigenvalue weighted by atomic mass is 9.88. The van der Waals surface area contributed by atoms with Crippen LogP contribution in [0.5, 0.6) is 0 Å². The summed E-state index contributed by atoms with van der Waals surface area (Å²) in [5, 5.41) is 5.78. The van der Waals surface area contributed by atoms with Crippen molar-refractivity contribution < 1.29 is 9.59 Å². The SMILES string of the molecule is O=C(CC(c1ccccc1)c1ccccc1)NCCNC(=O)C1CC1. The lowest BCUT2D eigenvalue weighted by molar-refractivity contribution is -0.123. The van der Waals surface area contributed by atoms with E-state index in [9.17, 15) is 9.59 Å². The smallest absolute Gasteiger partial charge is 0.223 e. The fourth-order valence-electron chi connectivity index (χ4n) is 2.93. The first-order chi connectivity index (χ1) is 12.2. The maximum Gasteiger partial charge on any atom is 0.223 e. The molecule has 130 valence electrons. The van der Waals surface area contributed by atoms with Gasteiger partial charge in [-0.1, -0.05) is 60.7 Å². The largest absolute Gasteiger partial charge is 0.354 e. The molecule has 0 unspecified atom stereocenters. The van der Waals surface area contributed by atoms with Gasteiger partial charge < -0.3 is 10.6 Å². The Balaban J connectivity index is 1.54. The molecule has 3 rings (SSSR count). The number of carbonyl (C=O) groups excluding carboxylic acids is 2. The monoisotopic (exact) mass is 336 g/mol. The number of amides is 2. The molecule has 1 saturated carbocycles. The average molecular weight is 336 g/mol. The second-order valence-electron chi connectivity index (χ2n) is 6.49. The van der Waals surface area contributed by atoms with Crippen LogP contribution in [0.25, 0.3) is 0 Å². The van der Waals surface area contributed by atoms with E-state index >= 15 is 0 Å². The van der Waals surface area contributed by atoms with Crippen molar-refractivity contribution in [2.75, 3.05) is 13.1 Å². The fourth-order valence-corrected chi connectivity index (χ4v) is 2.93. The Morgan fingerprint density at radius 1 is 0.840 bits per heavy atom. The number of carbonyl (C=O) groups is 2. The Morgan fingerprint density at radius 3 is 1.88 bits per heavy atom. The number of rotatable bonds is 8. The molecular formula is C21H24N2O2. The Bertz CT molecular complexity index is 657. The van der Waals surface area contributed by atoms with E-state index in [0.29, 0.717) is 19.5 Å². The Morgan fingerprint density at radius 2 is 1.36 bits per heavy atom. The molecule has 0 bridgehead atoms. The van der Waals surface area contributed by atoms with Crippen molar-refractivity contribution in [2.24, 2.45) is 5.92 Å². The average Bonchev–Trinajstić information content (AvgIpc) is 3.50. The van der Waals surface area contributed by atoms with Crippen LogP contribution < -0.4 is 10.6 Å². The molecule has 2 aromatic rings. The van der Waals surface area contributed by atoms with E-state index in [1.807, 2.05) is 36.4 Å². The number of benzene rings is 2. The van der Waals surface area contributed by atoms with E-state index in [1.54, 1.807) is 0 Å². The van der Waals surface area contributed by atoms with Crippen LogP contribution in [0, 0.1) is 5.92 Å². The molecule has 1 aliphatic rings. The third kappa shape index (κ3) is 5.18. The van der Waals surface area contributed by atoms with Crippen molar-refractivity contribution in [3.8, 4) is 0 Å². The van der Waals surface area contributed by atoms with Crippen molar-refractivity contribution in [3.05, 3.63) is 71.8 Å². The van der Waals surface area contributed by atoms with Gasteiger partial charge in [-0.15, -0.1) is 0 Å². The van der Waals surface area contributed by atoms with Gasteiger partial charge in [-0.3, -0.25) is 9.59 Å². The molecule has 0 heterocycles. The maximum absolute atomic E-state index is 12.4. The van der Waals surface area contributed by atoms with Gasteiger partial charge in [0.2, 0.25) is 11.8 Å². The highest BCUT2D eigenvalue weighted by atomic mass is 16.2. The molecule has 1 aliphatic carbocycles. The van der Waals surface area contributed by atoms with Crippen molar-refractivity contribution in [3.63, 3.8) is 0 Å².